The third-order valence-electron chi connectivity index (χ3n) is 3.87. The van der Waals surface area contributed by atoms with Crippen LogP contribution in [0.15, 0.2) is 36.4 Å². The number of carbonyl (C=O) groups excluding carboxylic acids is 1. The SMILES string of the molecule is O=C(O)c1ccc(NC2CN(C(=O)c3ccccc3C(F)(F)F)C2)nn1. The number of carboxylic acids is 1. The molecule has 3 rings (SSSR count). The number of rotatable bonds is 4. The number of alkyl halides is 3. The first-order chi connectivity index (χ1) is 12.3. The van der Waals surface area contributed by atoms with Crippen LogP contribution in [0.2, 0.25) is 0 Å². The highest BCUT2D eigenvalue weighted by Gasteiger charge is 2.38. The minimum absolute atomic E-state index is 0.202. The number of carbonyl (C=O) groups is 2. The zero-order valence-corrected chi connectivity index (χ0v) is 13.2. The monoisotopic (exact) mass is 366 g/mol. The number of hydrogen-bond donors (Lipinski definition) is 2. The first-order valence-corrected chi connectivity index (χ1v) is 7.55. The van der Waals surface area contributed by atoms with Gasteiger partial charge in [0.1, 0.15) is 5.82 Å². The Balaban J connectivity index is 1.62. The van der Waals surface area contributed by atoms with E-state index in [1.165, 1.54) is 29.2 Å². The number of aromatic nitrogens is 2. The van der Waals surface area contributed by atoms with Crippen LogP contribution in [0.5, 0.6) is 0 Å². The lowest BCUT2D eigenvalue weighted by Crippen LogP contribution is -2.57. The van der Waals surface area contributed by atoms with Crippen LogP contribution in [-0.4, -0.2) is 51.2 Å². The molecule has 0 bridgehead atoms. The quantitative estimate of drug-likeness (QED) is 0.861. The summed E-state index contributed by atoms with van der Waals surface area (Å²) in [7, 11) is 0. The molecule has 2 aromatic rings. The van der Waals surface area contributed by atoms with Gasteiger partial charge < -0.3 is 15.3 Å². The van der Waals surface area contributed by atoms with Crippen molar-refractivity contribution < 1.29 is 27.9 Å². The lowest BCUT2D eigenvalue weighted by molar-refractivity contribution is -0.138. The zero-order chi connectivity index (χ0) is 18.9. The zero-order valence-electron chi connectivity index (χ0n) is 13.2. The predicted octanol–water partition coefficient (Wildman–Crippen LogP) is 2.13. The van der Waals surface area contributed by atoms with Gasteiger partial charge in [-0.1, -0.05) is 12.1 Å². The van der Waals surface area contributed by atoms with Gasteiger partial charge in [-0.2, -0.15) is 13.2 Å². The van der Waals surface area contributed by atoms with Gasteiger partial charge in [0, 0.05) is 13.1 Å². The Morgan fingerprint density at radius 2 is 1.81 bits per heavy atom. The van der Waals surface area contributed by atoms with Gasteiger partial charge in [0.05, 0.1) is 17.2 Å². The van der Waals surface area contributed by atoms with Gasteiger partial charge in [-0.05, 0) is 24.3 Å². The number of nitrogens with one attached hydrogen (secondary N) is 1. The van der Waals surface area contributed by atoms with Crippen molar-refractivity contribution in [2.75, 3.05) is 18.4 Å². The van der Waals surface area contributed by atoms with Crippen LogP contribution in [0.1, 0.15) is 26.4 Å². The van der Waals surface area contributed by atoms with Crippen LogP contribution in [0.4, 0.5) is 19.0 Å². The molecule has 1 amide bonds. The fourth-order valence-electron chi connectivity index (χ4n) is 2.56. The van der Waals surface area contributed by atoms with Crippen molar-refractivity contribution in [2.24, 2.45) is 0 Å². The smallest absolute Gasteiger partial charge is 0.417 e. The van der Waals surface area contributed by atoms with Crippen LogP contribution >= 0.6 is 0 Å². The van der Waals surface area contributed by atoms with Gasteiger partial charge in [-0.3, -0.25) is 4.79 Å². The molecule has 0 atom stereocenters. The number of carboxylic acid groups (broad SMARTS) is 1. The summed E-state index contributed by atoms with van der Waals surface area (Å²) in [6, 6.07) is 7.15. The van der Waals surface area contributed by atoms with E-state index in [9.17, 15) is 22.8 Å². The molecule has 0 saturated carbocycles. The molecule has 0 spiro atoms. The van der Waals surface area contributed by atoms with Crippen molar-refractivity contribution in [3.8, 4) is 0 Å². The molecule has 0 unspecified atom stereocenters. The van der Waals surface area contributed by atoms with E-state index in [1.807, 2.05) is 0 Å². The molecule has 2 N–H and O–H groups in total. The van der Waals surface area contributed by atoms with Gasteiger partial charge in [-0.15, -0.1) is 10.2 Å². The van der Waals surface area contributed by atoms with Crippen molar-refractivity contribution in [1.82, 2.24) is 15.1 Å². The van der Waals surface area contributed by atoms with Crippen LogP contribution in [-0.2, 0) is 6.18 Å². The van der Waals surface area contributed by atoms with E-state index in [-0.39, 0.29) is 30.4 Å². The van der Waals surface area contributed by atoms with Crippen LogP contribution in [0, 0.1) is 0 Å². The summed E-state index contributed by atoms with van der Waals surface area (Å²) in [5.41, 5.74) is -1.55. The fourth-order valence-corrected chi connectivity index (χ4v) is 2.56. The number of amides is 1. The minimum Gasteiger partial charge on any atom is -0.476 e. The Morgan fingerprint density at radius 1 is 1.12 bits per heavy atom. The molecule has 10 heteroatoms. The third kappa shape index (κ3) is 3.58. The van der Waals surface area contributed by atoms with E-state index in [1.54, 1.807) is 0 Å². The molecule has 136 valence electrons. The molecule has 0 aliphatic carbocycles. The van der Waals surface area contributed by atoms with Crippen LogP contribution < -0.4 is 5.32 Å². The Labute approximate surface area is 145 Å². The largest absolute Gasteiger partial charge is 0.476 e. The second kappa shape index (κ2) is 6.62. The van der Waals surface area contributed by atoms with Crippen LogP contribution in [0.3, 0.4) is 0 Å². The maximum absolute atomic E-state index is 13.0. The highest BCUT2D eigenvalue weighted by Crippen LogP contribution is 2.33. The van der Waals surface area contributed by atoms with Crippen molar-refractivity contribution in [3.63, 3.8) is 0 Å². The van der Waals surface area contributed by atoms with E-state index in [0.717, 1.165) is 12.1 Å². The molecule has 26 heavy (non-hydrogen) atoms. The summed E-state index contributed by atoms with van der Waals surface area (Å²) >= 11 is 0. The summed E-state index contributed by atoms with van der Waals surface area (Å²) in [6.45, 7) is 0.404. The topological polar surface area (TPSA) is 95.4 Å². The molecule has 1 fully saturated rings. The summed E-state index contributed by atoms with van der Waals surface area (Å²) in [4.78, 5) is 24.3. The second-order valence-electron chi connectivity index (χ2n) is 5.70. The lowest BCUT2D eigenvalue weighted by Gasteiger charge is -2.40. The molecule has 0 radical (unpaired) electrons. The number of anilines is 1. The Morgan fingerprint density at radius 3 is 2.38 bits per heavy atom. The number of hydrogen-bond acceptors (Lipinski definition) is 5. The van der Waals surface area contributed by atoms with Gasteiger partial charge in [0.25, 0.3) is 5.91 Å². The highest BCUT2D eigenvalue weighted by molar-refractivity contribution is 5.96. The standard InChI is InChI=1S/C16H13F3N4O3/c17-16(18,19)11-4-2-1-3-10(11)14(24)23-7-9(8-23)20-13-6-5-12(15(25)26)21-22-13/h1-6,9H,7-8H2,(H,20,22)(H,25,26). The van der Waals surface area contributed by atoms with E-state index in [4.69, 9.17) is 5.11 Å². The van der Waals surface area contributed by atoms with E-state index in [0.29, 0.717) is 5.82 Å². The van der Waals surface area contributed by atoms with Gasteiger partial charge >= 0.3 is 12.1 Å². The second-order valence-corrected chi connectivity index (χ2v) is 5.70. The van der Waals surface area contributed by atoms with Crippen molar-refractivity contribution >= 4 is 17.7 Å². The fraction of sp³-hybridized carbons (Fsp3) is 0.250. The van der Waals surface area contributed by atoms with Crippen molar-refractivity contribution in [1.29, 1.82) is 0 Å². The van der Waals surface area contributed by atoms with E-state index >= 15 is 0 Å². The first-order valence-electron chi connectivity index (χ1n) is 7.55. The summed E-state index contributed by atoms with van der Waals surface area (Å²) in [6.07, 6.45) is -4.60. The number of nitrogens with zero attached hydrogens (tertiary/aromatic N) is 3. The third-order valence-corrected chi connectivity index (χ3v) is 3.87. The van der Waals surface area contributed by atoms with E-state index in [2.05, 4.69) is 15.5 Å². The van der Waals surface area contributed by atoms with Gasteiger partial charge in [0.2, 0.25) is 0 Å². The molecule has 2 heterocycles. The average Bonchev–Trinajstić information content (AvgIpc) is 2.57. The molecular formula is C16H13F3N4O3. The minimum atomic E-state index is -4.60. The molecule has 1 aromatic carbocycles. The molecule has 7 nitrogen and oxygen atoms in total. The Hall–Kier alpha value is -3.17. The Kier molecular flexibility index (Phi) is 4.49. The normalized spacial score (nSPS) is 14.7. The summed E-state index contributed by atoms with van der Waals surface area (Å²) in [5.74, 6) is -1.57. The first kappa shape index (κ1) is 17.6. The number of likely N-dealkylation sites (tertiary alicyclic amines) is 1. The maximum Gasteiger partial charge on any atom is 0.417 e. The highest BCUT2D eigenvalue weighted by atomic mass is 19.4. The number of aromatic carboxylic acids is 1. The number of benzene rings is 1. The molecule has 1 saturated heterocycles. The maximum atomic E-state index is 13.0. The lowest BCUT2D eigenvalue weighted by atomic mass is 10.0. The summed E-state index contributed by atoms with van der Waals surface area (Å²) in [5, 5.41) is 18.9. The van der Waals surface area contributed by atoms with Crippen molar-refractivity contribution in [2.45, 2.75) is 12.2 Å². The van der Waals surface area contributed by atoms with Crippen molar-refractivity contribution in [3.05, 3.63) is 53.2 Å². The Bertz CT molecular complexity index is 833. The molecular weight excluding hydrogens is 353 g/mol. The average molecular weight is 366 g/mol. The predicted molar refractivity (Wildman–Crippen MR) is 83.7 cm³/mol. The molecule has 1 aliphatic rings. The van der Waals surface area contributed by atoms with Crippen LogP contribution in [0.25, 0.3) is 0 Å². The van der Waals surface area contributed by atoms with Gasteiger partial charge in [-0.25, -0.2) is 4.79 Å². The van der Waals surface area contributed by atoms with E-state index < -0.39 is 23.6 Å². The van der Waals surface area contributed by atoms with Gasteiger partial charge in [0.15, 0.2) is 5.69 Å². The summed E-state index contributed by atoms with van der Waals surface area (Å²) < 4.78 is 39.0. The molecule has 1 aliphatic heterocycles. The number of halogens is 3. The molecule has 1 aromatic heterocycles.